The molecule has 1 aromatic rings. The summed E-state index contributed by atoms with van der Waals surface area (Å²) in [5.41, 5.74) is 3.20. The monoisotopic (exact) mass is 283 g/mol. The van der Waals surface area contributed by atoms with Crippen LogP contribution in [0.4, 0.5) is 0 Å². The van der Waals surface area contributed by atoms with Crippen molar-refractivity contribution < 1.29 is 4.79 Å². The molecule has 112 valence electrons. The number of rotatable bonds is 7. The Morgan fingerprint density at radius 2 is 1.95 bits per heavy atom. The van der Waals surface area contributed by atoms with Crippen molar-refractivity contribution in [3.63, 3.8) is 0 Å². The highest BCUT2D eigenvalue weighted by molar-refractivity contribution is 5.66. The molecule has 1 N–H and O–H groups in total. The van der Waals surface area contributed by atoms with Gasteiger partial charge in [-0.2, -0.15) is 0 Å². The summed E-state index contributed by atoms with van der Waals surface area (Å²) in [4.78, 5) is 11.3. The summed E-state index contributed by atoms with van der Waals surface area (Å²) in [6.07, 6.45) is 9.13. The number of carbonyl (C=O) groups is 1. The Balaban J connectivity index is 2.97. The summed E-state index contributed by atoms with van der Waals surface area (Å²) in [7, 11) is 0. The SMILES string of the molecule is C=C/C=C\c1cc(CC(C=O)NC(C)(C)C)ccc1C=C. The van der Waals surface area contributed by atoms with E-state index in [4.69, 9.17) is 0 Å². The maximum Gasteiger partial charge on any atom is 0.137 e. The molecule has 21 heavy (non-hydrogen) atoms. The van der Waals surface area contributed by atoms with Crippen molar-refractivity contribution in [3.8, 4) is 0 Å². The lowest BCUT2D eigenvalue weighted by atomic mass is 9.98. The van der Waals surface area contributed by atoms with Crippen LogP contribution in [-0.4, -0.2) is 17.9 Å². The Morgan fingerprint density at radius 3 is 2.48 bits per heavy atom. The van der Waals surface area contributed by atoms with Gasteiger partial charge >= 0.3 is 0 Å². The average Bonchev–Trinajstić information content (AvgIpc) is 2.43. The summed E-state index contributed by atoms with van der Waals surface area (Å²) in [5.74, 6) is 0. The summed E-state index contributed by atoms with van der Waals surface area (Å²) in [5, 5.41) is 3.32. The van der Waals surface area contributed by atoms with Crippen molar-refractivity contribution >= 4 is 18.4 Å². The second-order valence-electron chi connectivity index (χ2n) is 6.10. The van der Waals surface area contributed by atoms with Crippen LogP contribution in [0.25, 0.3) is 12.2 Å². The van der Waals surface area contributed by atoms with Gasteiger partial charge in [-0.1, -0.05) is 55.7 Å². The minimum atomic E-state index is -0.184. The predicted octanol–water partition coefficient (Wildman–Crippen LogP) is 4.03. The van der Waals surface area contributed by atoms with Crippen LogP contribution in [0, 0.1) is 0 Å². The summed E-state index contributed by atoms with van der Waals surface area (Å²) >= 11 is 0. The minimum Gasteiger partial charge on any atom is -0.303 e. The van der Waals surface area contributed by atoms with E-state index in [-0.39, 0.29) is 11.6 Å². The molecule has 2 nitrogen and oxygen atoms in total. The van der Waals surface area contributed by atoms with Crippen LogP contribution in [0.1, 0.15) is 37.5 Å². The predicted molar refractivity (Wildman–Crippen MR) is 92.2 cm³/mol. The molecular weight excluding hydrogens is 258 g/mol. The largest absolute Gasteiger partial charge is 0.303 e. The lowest BCUT2D eigenvalue weighted by molar-refractivity contribution is -0.110. The van der Waals surface area contributed by atoms with Crippen LogP contribution in [0.2, 0.25) is 0 Å². The number of nitrogens with one attached hydrogen (secondary N) is 1. The first kappa shape index (κ1) is 17.1. The first-order chi connectivity index (χ1) is 9.89. The molecule has 0 spiro atoms. The van der Waals surface area contributed by atoms with E-state index in [1.165, 1.54) is 0 Å². The molecule has 0 bridgehead atoms. The van der Waals surface area contributed by atoms with Gasteiger partial charge in [0.05, 0.1) is 6.04 Å². The van der Waals surface area contributed by atoms with Gasteiger partial charge in [-0.3, -0.25) is 0 Å². The van der Waals surface area contributed by atoms with Crippen molar-refractivity contribution in [1.82, 2.24) is 5.32 Å². The van der Waals surface area contributed by atoms with Gasteiger partial charge in [0.15, 0.2) is 0 Å². The highest BCUT2D eigenvalue weighted by Gasteiger charge is 2.17. The number of benzene rings is 1. The van der Waals surface area contributed by atoms with E-state index in [0.717, 1.165) is 23.0 Å². The van der Waals surface area contributed by atoms with Gasteiger partial charge < -0.3 is 10.1 Å². The zero-order valence-electron chi connectivity index (χ0n) is 13.2. The Hall–Kier alpha value is -1.93. The smallest absolute Gasteiger partial charge is 0.137 e. The molecular formula is C19H25NO. The zero-order chi connectivity index (χ0) is 15.9. The van der Waals surface area contributed by atoms with E-state index < -0.39 is 0 Å². The van der Waals surface area contributed by atoms with E-state index in [1.54, 1.807) is 6.08 Å². The average molecular weight is 283 g/mol. The third kappa shape index (κ3) is 5.92. The normalized spacial score (nSPS) is 13.1. The van der Waals surface area contributed by atoms with Crippen LogP contribution in [0.3, 0.4) is 0 Å². The molecule has 1 rings (SSSR count). The lowest BCUT2D eigenvalue weighted by Crippen LogP contribution is -2.45. The first-order valence-electron chi connectivity index (χ1n) is 7.17. The van der Waals surface area contributed by atoms with E-state index >= 15 is 0 Å². The summed E-state index contributed by atoms with van der Waals surface area (Å²) in [6, 6.07) is 5.99. The Bertz CT molecular complexity index is 535. The molecule has 1 aromatic carbocycles. The molecule has 0 amide bonds. The van der Waals surface area contributed by atoms with Gasteiger partial charge in [-0.25, -0.2) is 0 Å². The number of allylic oxidation sites excluding steroid dienone is 2. The Kier molecular flexibility index (Phi) is 6.32. The van der Waals surface area contributed by atoms with Crippen molar-refractivity contribution in [1.29, 1.82) is 0 Å². The fraction of sp³-hybridized carbons (Fsp3) is 0.316. The quantitative estimate of drug-likeness (QED) is 0.605. The molecule has 2 heteroatoms. The van der Waals surface area contributed by atoms with Gasteiger partial charge in [-0.15, -0.1) is 0 Å². The molecule has 1 atom stereocenters. The maximum absolute atomic E-state index is 11.3. The van der Waals surface area contributed by atoms with E-state index in [9.17, 15) is 4.79 Å². The summed E-state index contributed by atoms with van der Waals surface area (Å²) < 4.78 is 0. The molecule has 0 aliphatic rings. The van der Waals surface area contributed by atoms with Crippen LogP contribution >= 0.6 is 0 Å². The standard InChI is InChI=1S/C19H25NO/c1-6-8-9-17-12-15(10-11-16(17)7-2)13-18(14-21)20-19(3,4)5/h6-12,14,18,20H,1-2,13H2,3-5H3/b9-8-. The zero-order valence-corrected chi connectivity index (χ0v) is 13.2. The van der Waals surface area contributed by atoms with Crippen LogP contribution in [0.15, 0.2) is 43.5 Å². The lowest BCUT2D eigenvalue weighted by Gasteiger charge is -2.25. The second-order valence-corrected chi connectivity index (χ2v) is 6.10. The maximum atomic E-state index is 11.3. The van der Waals surface area contributed by atoms with Crippen LogP contribution in [-0.2, 0) is 11.2 Å². The third-order valence-corrected chi connectivity index (χ3v) is 3.02. The van der Waals surface area contributed by atoms with Crippen LogP contribution < -0.4 is 5.32 Å². The van der Waals surface area contributed by atoms with Crippen LogP contribution in [0.5, 0.6) is 0 Å². The third-order valence-electron chi connectivity index (χ3n) is 3.02. The Labute approximate surface area is 128 Å². The van der Waals surface area contributed by atoms with E-state index in [2.05, 4.69) is 45.3 Å². The molecule has 0 saturated carbocycles. The Morgan fingerprint density at radius 1 is 1.24 bits per heavy atom. The van der Waals surface area contributed by atoms with Gasteiger partial charge in [0.2, 0.25) is 0 Å². The number of hydrogen-bond acceptors (Lipinski definition) is 2. The van der Waals surface area contributed by atoms with Crippen molar-refractivity contribution in [3.05, 3.63) is 60.2 Å². The molecule has 0 fully saturated rings. The van der Waals surface area contributed by atoms with Crippen molar-refractivity contribution in [2.45, 2.75) is 38.8 Å². The second kappa shape index (κ2) is 7.75. The number of carbonyl (C=O) groups excluding carboxylic acids is 1. The topological polar surface area (TPSA) is 29.1 Å². The van der Waals surface area contributed by atoms with Crippen molar-refractivity contribution in [2.24, 2.45) is 0 Å². The molecule has 0 aromatic heterocycles. The molecule has 0 aliphatic carbocycles. The molecule has 0 radical (unpaired) electrons. The summed E-state index contributed by atoms with van der Waals surface area (Å²) in [6.45, 7) is 13.7. The van der Waals surface area contributed by atoms with Gasteiger partial charge in [0.25, 0.3) is 0 Å². The number of hydrogen-bond donors (Lipinski definition) is 1. The molecule has 0 saturated heterocycles. The number of aldehydes is 1. The van der Waals surface area contributed by atoms with Gasteiger partial charge in [-0.05, 0) is 43.9 Å². The fourth-order valence-corrected chi connectivity index (χ4v) is 2.20. The minimum absolute atomic E-state index is 0.0851. The highest BCUT2D eigenvalue weighted by atomic mass is 16.1. The van der Waals surface area contributed by atoms with Crippen molar-refractivity contribution in [2.75, 3.05) is 0 Å². The van der Waals surface area contributed by atoms with E-state index in [0.29, 0.717) is 6.42 Å². The highest BCUT2D eigenvalue weighted by Crippen LogP contribution is 2.17. The first-order valence-corrected chi connectivity index (χ1v) is 7.17. The van der Waals surface area contributed by atoms with E-state index in [1.807, 2.05) is 30.4 Å². The molecule has 1 unspecified atom stereocenters. The fourth-order valence-electron chi connectivity index (χ4n) is 2.20. The van der Waals surface area contributed by atoms with Gasteiger partial charge in [0.1, 0.15) is 6.29 Å². The molecule has 0 aliphatic heterocycles. The van der Waals surface area contributed by atoms with Gasteiger partial charge in [0, 0.05) is 5.54 Å². The molecule has 0 heterocycles.